The molecule has 2 fully saturated rings. The van der Waals surface area contributed by atoms with Gasteiger partial charge in [0.1, 0.15) is 0 Å². The van der Waals surface area contributed by atoms with Gasteiger partial charge in [0.25, 0.3) is 0 Å². The van der Waals surface area contributed by atoms with E-state index in [0.717, 1.165) is 6.54 Å². The minimum Gasteiger partial charge on any atom is -0.372 e. The van der Waals surface area contributed by atoms with E-state index >= 15 is 0 Å². The third-order valence-electron chi connectivity index (χ3n) is 5.62. The summed E-state index contributed by atoms with van der Waals surface area (Å²) in [7, 11) is 0. The Morgan fingerprint density at radius 1 is 1.14 bits per heavy atom. The summed E-state index contributed by atoms with van der Waals surface area (Å²) in [6.45, 7) is 10.3. The van der Waals surface area contributed by atoms with Crippen molar-refractivity contribution < 1.29 is 4.74 Å². The first-order valence-corrected chi connectivity index (χ1v) is 9.36. The maximum atomic E-state index is 6.50. The summed E-state index contributed by atoms with van der Waals surface area (Å²) in [6.07, 6.45) is 13.9. The van der Waals surface area contributed by atoms with Crippen LogP contribution in [0.15, 0.2) is 0 Å². The first-order valence-electron chi connectivity index (χ1n) is 9.36. The minimum absolute atomic E-state index is 0.300. The van der Waals surface area contributed by atoms with Crippen molar-refractivity contribution in [2.45, 2.75) is 110 Å². The van der Waals surface area contributed by atoms with Gasteiger partial charge in [0.15, 0.2) is 0 Å². The molecule has 0 aromatic heterocycles. The van der Waals surface area contributed by atoms with Crippen molar-refractivity contribution >= 4 is 0 Å². The smallest absolute Gasteiger partial charge is 0.0687 e. The fourth-order valence-corrected chi connectivity index (χ4v) is 4.30. The molecule has 0 bridgehead atoms. The summed E-state index contributed by atoms with van der Waals surface area (Å²) in [6, 6.07) is 0.632. The zero-order valence-electron chi connectivity index (χ0n) is 14.8. The van der Waals surface area contributed by atoms with Gasteiger partial charge in [-0.3, -0.25) is 0 Å². The summed E-state index contributed by atoms with van der Waals surface area (Å²) < 4.78 is 6.50. The number of ether oxygens (including phenoxy) is 1. The largest absolute Gasteiger partial charge is 0.372 e. The summed E-state index contributed by atoms with van der Waals surface area (Å²) in [5.41, 5.74) is 0.658. The quantitative estimate of drug-likeness (QED) is 0.739. The summed E-state index contributed by atoms with van der Waals surface area (Å²) in [4.78, 5) is 0. The highest BCUT2D eigenvalue weighted by molar-refractivity contribution is 4.91. The van der Waals surface area contributed by atoms with Crippen molar-refractivity contribution in [2.75, 3.05) is 6.54 Å². The zero-order chi connectivity index (χ0) is 15.3. The van der Waals surface area contributed by atoms with E-state index in [-0.39, 0.29) is 0 Å². The summed E-state index contributed by atoms with van der Waals surface area (Å²) in [5, 5.41) is 3.66. The number of nitrogens with one attached hydrogen (secondary N) is 1. The highest BCUT2D eigenvalue weighted by Gasteiger charge is 2.40. The van der Waals surface area contributed by atoms with E-state index in [4.69, 9.17) is 4.74 Å². The van der Waals surface area contributed by atoms with E-state index in [1.165, 1.54) is 64.2 Å². The van der Waals surface area contributed by atoms with Crippen molar-refractivity contribution in [3.63, 3.8) is 0 Å². The van der Waals surface area contributed by atoms with E-state index < -0.39 is 0 Å². The molecular weight excluding hydrogens is 258 g/mol. The molecule has 2 rings (SSSR count). The molecule has 0 radical (unpaired) electrons. The first-order chi connectivity index (χ1) is 9.95. The van der Waals surface area contributed by atoms with Crippen LogP contribution in [0.5, 0.6) is 0 Å². The van der Waals surface area contributed by atoms with Gasteiger partial charge >= 0.3 is 0 Å². The van der Waals surface area contributed by atoms with Gasteiger partial charge in [0.05, 0.1) is 11.7 Å². The predicted octanol–water partition coefficient (Wildman–Crippen LogP) is 5.06. The third kappa shape index (κ3) is 4.96. The molecule has 1 saturated carbocycles. The second-order valence-corrected chi connectivity index (χ2v) is 8.43. The lowest BCUT2D eigenvalue weighted by Crippen LogP contribution is -2.40. The van der Waals surface area contributed by atoms with E-state index in [1.54, 1.807) is 0 Å². The normalized spacial score (nSPS) is 27.1. The first kappa shape index (κ1) is 17.3. The Morgan fingerprint density at radius 3 is 2.48 bits per heavy atom. The van der Waals surface area contributed by atoms with Gasteiger partial charge in [-0.1, -0.05) is 47.0 Å². The number of hydrogen-bond donors (Lipinski definition) is 1. The monoisotopic (exact) mass is 295 g/mol. The molecule has 124 valence electrons. The molecule has 1 aliphatic carbocycles. The molecule has 0 aromatic carbocycles. The van der Waals surface area contributed by atoms with Gasteiger partial charge in [0, 0.05) is 6.04 Å². The molecule has 0 amide bonds. The maximum absolute atomic E-state index is 6.50. The van der Waals surface area contributed by atoms with E-state index in [2.05, 4.69) is 33.0 Å². The van der Waals surface area contributed by atoms with Crippen LogP contribution in [0, 0.1) is 5.41 Å². The van der Waals surface area contributed by atoms with Gasteiger partial charge in [-0.2, -0.15) is 0 Å². The average molecular weight is 296 g/mol. The lowest BCUT2D eigenvalue weighted by Gasteiger charge is -2.34. The second kappa shape index (κ2) is 7.46. The fraction of sp³-hybridized carbons (Fsp3) is 1.00. The lowest BCUT2D eigenvalue weighted by atomic mass is 9.82. The van der Waals surface area contributed by atoms with E-state index in [0.29, 0.717) is 23.2 Å². The molecule has 2 unspecified atom stereocenters. The van der Waals surface area contributed by atoms with Crippen LogP contribution < -0.4 is 5.32 Å². The Morgan fingerprint density at radius 2 is 1.86 bits per heavy atom. The van der Waals surface area contributed by atoms with Crippen molar-refractivity contribution in [3.05, 3.63) is 0 Å². The van der Waals surface area contributed by atoms with E-state index in [1.807, 2.05) is 0 Å². The van der Waals surface area contributed by atoms with Crippen LogP contribution in [0.3, 0.4) is 0 Å². The highest BCUT2D eigenvalue weighted by atomic mass is 16.5. The molecule has 1 N–H and O–H groups in total. The van der Waals surface area contributed by atoms with Gasteiger partial charge in [-0.05, 0) is 56.9 Å². The highest BCUT2D eigenvalue weighted by Crippen LogP contribution is 2.43. The molecule has 2 atom stereocenters. The van der Waals surface area contributed by atoms with Crippen LogP contribution in [0.4, 0.5) is 0 Å². The molecule has 0 aromatic rings. The van der Waals surface area contributed by atoms with Crippen LogP contribution in [0.2, 0.25) is 0 Å². The summed E-state index contributed by atoms with van der Waals surface area (Å²) >= 11 is 0. The molecule has 2 heteroatoms. The van der Waals surface area contributed by atoms with Crippen LogP contribution in [0.25, 0.3) is 0 Å². The van der Waals surface area contributed by atoms with Crippen molar-refractivity contribution in [2.24, 2.45) is 5.41 Å². The Bertz CT molecular complexity index is 301. The van der Waals surface area contributed by atoms with Crippen LogP contribution in [-0.2, 0) is 4.74 Å². The van der Waals surface area contributed by atoms with Gasteiger partial charge in [0.2, 0.25) is 0 Å². The van der Waals surface area contributed by atoms with Crippen LogP contribution in [0.1, 0.15) is 91.9 Å². The summed E-state index contributed by atoms with van der Waals surface area (Å²) in [5.74, 6) is 0. The van der Waals surface area contributed by atoms with Crippen molar-refractivity contribution in [3.8, 4) is 0 Å². The van der Waals surface area contributed by atoms with Crippen LogP contribution >= 0.6 is 0 Å². The second-order valence-electron chi connectivity index (χ2n) is 8.43. The predicted molar refractivity (Wildman–Crippen MR) is 90.7 cm³/mol. The van der Waals surface area contributed by atoms with Gasteiger partial charge < -0.3 is 10.1 Å². The lowest BCUT2D eigenvalue weighted by molar-refractivity contribution is -0.0663. The minimum atomic E-state index is 0.300. The van der Waals surface area contributed by atoms with E-state index in [9.17, 15) is 0 Å². The Kier molecular flexibility index (Phi) is 6.14. The SMILES string of the molecule is CCNC(CCCC1CCC2(CCCCC2)O1)C(C)(C)C. The molecule has 1 heterocycles. The van der Waals surface area contributed by atoms with Gasteiger partial charge in [-0.15, -0.1) is 0 Å². The Hall–Kier alpha value is -0.0800. The van der Waals surface area contributed by atoms with Gasteiger partial charge in [-0.25, -0.2) is 0 Å². The molecule has 21 heavy (non-hydrogen) atoms. The zero-order valence-corrected chi connectivity index (χ0v) is 14.8. The third-order valence-corrected chi connectivity index (χ3v) is 5.62. The topological polar surface area (TPSA) is 21.3 Å². The fourth-order valence-electron chi connectivity index (χ4n) is 4.30. The number of hydrogen-bond acceptors (Lipinski definition) is 2. The maximum Gasteiger partial charge on any atom is 0.0687 e. The van der Waals surface area contributed by atoms with Crippen molar-refractivity contribution in [1.82, 2.24) is 5.32 Å². The molecular formula is C19H37NO. The molecule has 2 nitrogen and oxygen atoms in total. The molecule has 1 saturated heterocycles. The molecule has 2 aliphatic rings. The standard InChI is InChI=1S/C19H37NO/c1-5-20-17(18(2,3)4)11-9-10-16-12-15-19(21-16)13-7-6-8-14-19/h16-17,20H,5-15H2,1-4H3. The Labute approximate surface area is 132 Å². The Balaban J connectivity index is 1.71. The van der Waals surface area contributed by atoms with Crippen molar-refractivity contribution in [1.29, 1.82) is 0 Å². The van der Waals surface area contributed by atoms with Crippen LogP contribution in [-0.4, -0.2) is 24.3 Å². The number of rotatable bonds is 6. The average Bonchev–Trinajstić information content (AvgIpc) is 2.80. The molecule has 1 aliphatic heterocycles. The molecule has 1 spiro atoms.